The minimum Gasteiger partial charge on any atom is -0.481 e. The molecule has 0 saturated heterocycles. The van der Waals surface area contributed by atoms with Crippen molar-refractivity contribution in [2.45, 2.75) is 18.8 Å². The largest absolute Gasteiger partial charge is 0.481 e. The summed E-state index contributed by atoms with van der Waals surface area (Å²) in [6.07, 6.45) is 1.01. The maximum atomic E-state index is 13.3. The number of aryl methyl sites for hydroxylation is 2. The fourth-order valence-electron chi connectivity index (χ4n) is 2.85. The highest BCUT2D eigenvalue weighted by Gasteiger charge is 2.29. The molecule has 0 heterocycles. The zero-order valence-electron chi connectivity index (χ0n) is 10.6. The summed E-state index contributed by atoms with van der Waals surface area (Å²) < 4.78 is 26.7. The van der Waals surface area contributed by atoms with E-state index in [0.29, 0.717) is 35.1 Å². The van der Waals surface area contributed by atoms with Gasteiger partial charge < -0.3 is 5.11 Å². The molecule has 1 aliphatic rings. The molecule has 0 saturated carbocycles. The molecular weight excluding hydrogens is 262 g/mol. The molecule has 1 N–H and O–H groups in total. The van der Waals surface area contributed by atoms with Crippen molar-refractivity contribution in [1.82, 2.24) is 0 Å². The Hall–Kier alpha value is -2.23. The number of carbonyl (C=O) groups is 1. The summed E-state index contributed by atoms with van der Waals surface area (Å²) in [6, 6.07) is 8.30. The Balaban J connectivity index is 2.23. The molecule has 2 aromatic carbocycles. The standard InChI is InChI=1S/C16H12F2O2/c17-11-3-5-13-9(7-11)1-2-10-8-12(18)4-6-14(10)15(13)16(19)20/h3-8,15H,1-2H2,(H,19,20). The molecule has 0 aromatic heterocycles. The second-order valence-electron chi connectivity index (χ2n) is 4.96. The van der Waals surface area contributed by atoms with Gasteiger partial charge in [-0.1, -0.05) is 12.1 Å². The van der Waals surface area contributed by atoms with Crippen molar-refractivity contribution < 1.29 is 18.7 Å². The highest BCUT2D eigenvalue weighted by molar-refractivity contribution is 5.82. The molecule has 2 aromatic rings. The summed E-state index contributed by atoms with van der Waals surface area (Å²) in [5, 5.41) is 9.51. The zero-order valence-corrected chi connectivity index (χ0v) is 10.6. The second kappa shape index (κ2) is 4.71. The van der Waals surface area contributed by atoms with E-state index in [0.717, 1.165) is 0 Å². The van der Waals surface area contributed by atoms with E-state index < -0.39 is 11.9 Å². The number of aliphatic carboxylic acids is 1. The average molecular weight is 274 g/mol. The Morgan fingerprint density at radius 1 is 0.950 bits per heavy atom. The van der Waals surface area contributed by atoms with Crippen molar-refractivity contribution in [3.05, 3.63) is 70.3 Å². The van der Waals surface area contributed by atoms with Crippen LogP contribution in [0.3, 0.4) is 0 Å². The molecule has 0 unspecified atom stereocenters. The molecule has 0 fully saturated rings. The third kappa shape index (κ3) is 2.07. The summed E-state index contributed by atoms with van der Waals surface area (Å²) >= 11 is 0. The van der Waals surface area contributed by atoms with Gasteiger partial charge in [0.2, 0.25) is 0 Å². The van der Waals surface area contributed by atoms with Crippen LogP contribution in [0.4, 0.5) is 8.78 Å². The summed E-state index contributed by atoms with van der Waals surface area (Å²) in [7, 11) is 0. The summed E-state index contributed by atoms with van der Waals surface area (Å²) in [5.41, 5.74) is 2.52. The van der Waals surface area contributed by atoms with E-state index in [9.17, 15) is 18.7 Å². The first kappa shape index (κ1) is 12.8. The Labute approximate surface area is 114 Å². The van der Waals surface area contributed by atoms with E-state index in [1.54, 1.807) is 0 Å². The fraction of sp³-hybridized carbons (Fsp3) is 0.188. The van der Waals surface area contributed by atoms with Crippen molar-refractivity contribution in [3.63, 3.8) is 0 Å². The molecule has 102 valence electrons. The van der Waals surface area contributed by atoms with Gasteiger partial charge in [-0.3, -0.25) is 4.79 Å². The van der Waals surface area contributed by atoms with Gasteiger partial charge in [-0.25, -0.2) is 8.78 Å². The van der Waals surface area contributed by atoms with Crippen molar-refractivity contribution in [2.75, 3.05) is 0 Å². The topological polar surface area (TPSA) is 37.3 Å². The van der Waals surface area contributed by atoms with Crippen LogP contribution in [0.5, 0.6) is 0 Å². The highest BCUT2D eigenvalue weighted by atomic mass is 19.1. The van der Waals surface area contributed by atoms with Crippen LogP contribution in [-0.2, 0) is 17.6 Å². The van der Waals surface area contributed by atoms with E-state index in [-0.39, 0.29) is 11.6 Å². The van der Waals surface area contributed by atoms with Crippen LogP contribution in [0, 0.1) is 11.6 Å². The smallest absolute Gasteiger partial charge is 0.315 e. The molecule has 0 amide bonds. The molecule has 0 spiro atoms. The maximum absolute atomic E-state index is 13.3. The number of hydrogen-bond acceptors (Lipinski definition) is 1. The number of carboxylic acid groups (broad SMARTS) is 1. The average Bonchev–Trinajstić information content (AvgIpc) is 2.55. The van der Waals surface area contributed by atoms with E-state index in [2.05, 4.69) is 0 Å². The predicted octanol–water partition coefficient (Wildman–Crippen LogP) is 3.28. The van der Waals surface area contributed by atoms with E-state index in [1.165, 1.54) is 36.4 Å². The number of hydrogen-bond donors (Lipinski definition) is 1. The van der Waals surface area contributed by atoms with Gasteiger partial charge in [0.25, 0.3) is 0 Å². The van der Waals surface area contributed by atoms with Crippen molar-refractivity contribution in [1.29, 1.82) is 0 Å². The first-order chi connectivity index (χ1) is 9.56. The van der Waals surface area contributed by atoms with Crippen molar-refractivity contribution >= 4 is 5.97 Å². The minimum absolute atomic E-state index is 0.384. The van der Waals surface area contributed by atoms with Gasteiger partial charge in [-0.2, -0.15) is 0 Å². The molecule has 20 heavy (non-hydrogen) atoms. The lowest BCUT2D eigenvalue weighted by Gasteiger charge is -2.16. The lowest BCUT2D eigenvalue weighted by Crippen LogP contribution is -2.15. The molecule has 4 heteroatoms. The molecule has 2 nitrogen and oxygen atoms in total. The highest BCUT2D eigenvalue weighted by Crippen LogP contribution is 2.35. The second-order valence-corrected chi connectivity index (χ2v) is 4.96. The Kier molecular flexibility index (Phi) is 3.01. The number of benzene rings is 2. The third-order valence-corrected chi connectivity index (χ3v) is 3.74. The molecule has 0 bridgehead atoms. The first-order valence-electron chi connectivity index (χ1n) is 6.35. The van der Waals surface area contributed by atoms with Crippen LogP contribution in [0.25, 0.3) is 0 Å². The molecule has 3 rings (SSSR count). The molecule has 0 atom stereocenters. The van der Waals surface area contributed by atoms with Crippen molar-refractivity contribution in [3.8, 4) is 0 Å². The lowest BCUT2D eigenvalue weighted by molar-refractivity contribution is -0.137. The number of carboxylic acids is 1. The Morgan fingerprint density at radius 2 is 1.40 bits per heavy atom. The maximum Gasteiger partial charge on any atom is 0.315 e. The van der Waals surface area contributed by atoms with E-state index in [4.69, 9.17) is 0 Å². The van der Waals surface area contributed by atoms with Crippen LogP contribution in [-0.4, -0.2) is 11.1 Å². The van der Waals surface area contributed by atoms with E-state index in [1.807, 2.05) is 0 Å². The van der Waals surface area contributed by atoms with Gasteiger partial charge >= 0.3 is 5.97 Å². The van der Waals surface area contributed by atoms with Crippen molar-refractivity contribution in [2.24, 2.45) is 0 Å². The molecule has 0 aliphatic heterocycles. The van der Waals surface area contributed by atoms with Crippen LogP contribution in [0.1, 0.15) is 28.2 Å². The number of fused-ring (bicyclic) bond motifs is 2. The summed E-state index contributed by atoms with van der Waals surface area (Å²) in [5.74, 6) is -2.65. The van der Waals surface area contributed by atoms with Gasteiger partial charge in [0.1, 0.15) is 17.6 Å². The Bertz CT molecular complexity index is 641. The van der Waals surface area contributed by atoms with Crippen LogP contribution < -0.4 is 0 Å². The van der Waals surface area contributed by atoms with Crippen LogP contribution in [0.2, 0.25) is 0 Å². The SMILES string of the molecule is O=C(O)C1c2ccc(F)cc2CCc2cc(F)ccc21. The predicted molar refractivity (Wildman–Crippen MR) is 69.7 cm³/mol. The molecular formula is C16H12F2O2. The quantitative estimate of drug-likeness (QED) is 0.866. The van der Waals surface area contributed by atoms with Gasteiger partial charge in [-0.05, 0) is 59.4 Å². The minimum atomic E-state index is -1.01. The molecule has 1 aliphatic carbocycles. The van der Waals surface area contributed by atoms with Gasteiger partial charge in [0, 0.05) is 0 Å². The Morgan fingerprint density at radius 3 is 1.80 bits per heavy atom. The normalized spacial score (nSPS) is 14.3. The molecule has 0 radical (unpaired) electrons. The zero-order chi connectivity index (χ0) is 14.3. The summed E-state index contributed by atoms with van der Waals surface area (Å²) in [6.45, 7) is 0. The van der Waals surface area contributed by atoms with Gasteiger partial charge in [-0.15, -0.1) is 0 Å². The van der Waals surface area contributed by atoms with Crippen LogP contribution in [0.15, 0.2) is 36.4 Å². The van der Waals surface area contributed by atoms with Gasteiger partial charge in [0.15, 0.2) is 0 Å². The third-order valence-electron chi connectivity index (χ3n) is 3.74. The number of halogens is 2. The first-order valence-corrected chi connectivity index (χ1v) is 6.35. The number of rotatable bonds is 1. The van der Waals surface area contributed by atoms with E-state index >= 15 is 0 Å². The fourth-order valence-corrected chi connectivity index (χ4v) is 2.85. The lowest BCUT2D eigenvalue weighted by atomic mass is 9.88. The monoisotopic (exact) mass is 274 g/mol. The summed E-state index contributed by atoms with van der Waals surface area (Å²) in [4.78, 5) is 11.6. The van der Waals surface area contributed by atoms with Gasteiger partial charge in [0.05, 0.1) is 0 Å². The van der Waals surface area contributed by atoms with Crippen LogP contribution >= 0.6 is 0 Å².